The topological polar surface area (TPSA) is 43.6 Å². The Kier molecular flexibility index (Phi) is 6.43. The highest BCUT2D eigenvalue weighted by atomic mass is 15.1. The lowest BCUT2D eigenvalue weighted by atomic mass is 9.85. The van der Waals surface area contributed by atoms with Crippen LogP contribution in [-0.4, -0.2) is 19.5 Å². The molecule has 47 heavy (non-hydrogen) atoms. The second-order valence-corrected chi connectivity index (χ2v) is 11.7. The van der Waals surface area contributed by atoms with Crippen LogP contribution in [0.15, 0.2) is 170 Å². The van der Waals surface area contributed by atoms with Crippen molar-refractivity contribution in [3.8, 4) is 50.5 Å². The number of hydrogen-bond donors (Lipinski definition) is 0. The molecule has 4 heteroatoms. The van der Waals surface area contributed by atoms with Crippen LogP contribution in [0.5, 0.6) is 0 Å². The van der Waals surface area contributed by atoms with E-state index in [1.807, 2.05) is 18.2 Å². The molecule has 0 atom stereocenters. The van der Waals surface area contributed by atoms with Gasteiger partial charge >= 0.3 is 0 Å². The molecule has 0 unspecified atom stereocenters. The van der Waals surface area contributed by atoms with Crippen LogP contribution in [0.25, 0.3) is 83.2 Å². The average Bonchev–Trinajstić information content (AvgIpc) is 3.54. The molecule has 220 valence electrons. The summed E-state index contributed by atoms with van der Waals surface area (Å²) in [6.07, 6.45) is 3.35. The predicted octanol–water partition coefficient (Wildman–Crippen LogP) is 10.8. The average molecular weight is 601 g/mol. The summed E-state index contributed by atoms with van der Waals surface area (Å²) in [5.74, 6) is 0.840. The van der Waals surface area contributed by atoms with E-state index in [9.17, 15) is 0 Å². The first-order chi connectivity index (χ1) is 23.3. The fourth-order valence-electron chi connectivity index (χ4n) is 6.85. The van der Waals surface area contributed by atoms with Crippen LogP contribution in [-0.2, 0) is 0 Å². The minimum Gasteiger partial charge on any atom is -0.277 e. The normalized spacial score (nSPS) is 11.4. The highest BCUT2D eigenvalue weighted by molar-refractivity contribution is 6.21. The molecular formula is C43H28N4. The van der Waals surface area contributed by atoms with Crippen LogP contribution in [0.1, 0.15) is 0 Å². The van der Waals surface area contributed by atoms with Crippen LogP contribution < -0.4 is 0 Å². The molecule has 9 aromatic rings. The molecule has 0 aliphatic rings. The minimum atomic E-state index is 0.764. The quantitative estimate of drug-likeness (QED) is 0.185. The van der Waals surface area contributed by atoms with Gasteiger partial charge < -0.3 is 0 Å². The molecule has 2 aromatic heterocycles. The summed E-state index contributed by atoms with van der Waals surface area (Å²) in [6, 6.07) is 56.2. The molecule has 0 spiro atoms. The summed E-state index contributed by atoms with van der Waals surface area (Å²) in [4.78, 5) is 13.7. The van der Waals surface area contributed by atoms with Gasteiger partial charge in [-0.15, -0.1) is 0 Å². The number of fused-ring (bicyclic) bond motifs is 3. The van der Waals surface area contributed by atoms with Gasteiger partial charge in [-0.05, 0) is 73.1 Å². The lowest BCUT2D eigenvalue weighted by molar-refractivity contribution is 1.07. The van der Waals surface area contributed by atoms with E-state index in [2.05, 4.69) is 154 Å². The van der Waals surface area contributed by atoms with Crippen LogP contribution in [0.2, 0.25) is 0 Å². The first-order valence-corrected chi connectivity index (χ1v) is 15.8. The fraction of sp³-hybridized carbons (Fsp3) is 0. The van der Waals surface area contributed by atoms with Gasteiger partial charge in [-0.25, -0.2) is 15.0 Å². The van der Waals surface area contributed by atoms with Crippen molar-refractivity contribution >= 4 is 32.7 Å². The lowest BCUT2D eigenvalue weighted by Crippen LogP contribution is -1.99. The largest absolute Gasteiger partial charge is 0.277 e. The SMILES string of the molecule is c1ccc(-c2c3ccccc3c(-c3ccccc3)c3cc(-c4ccc(-n5c(-c6ccccc6)nc6cncnc65)cc4)ccc23)cc1. The summed E-state index contributed by atoms with van der Waals surface area (Å²) >= 11 is 0. The van der Waals surface area contributed by atoms with Crippen LogP contribution in [0, 0.1) is 0 Å². The van der Waals surface area contributed by atoms with Crippen molar-refractivity contribution < 1.29 is 0 Å². The maximum absolute atomic E-state index is 4.91. The minimum absolute atomic E-state index is 0.764. The lowest BCUT2D eigenvalue weighted by Gasteiger charge is -2.19. The van der Waals surface area contributed by atoms with E-state index < -0.39 is 0 Å². The van der Waals surface area contributed by atoms with Crippen molar-refractivity contribution in [2.45, 2.75) is 0 Å². The highest BCUT2D eigenvalue weighted by Gasteiger charge is 2.18. The van der Waals surface area contributed by atoms with Crippen molar-refractivity contribution in [1.29, 1.82) is 0 Å². The number of aromatic nitrogens is 4. The zero-order valence-electron chi connectivity index (χ0n) is 25.5. The van der Waals surface area contributed by atoms with Crippen molar-refractivity contribution in [1.82, 2.24) is 19.5 Å². The van der Waals surface area contributed by atoms with Gasteiger partial charge in [-0.1, -0.05) is 140 Å². The van der Waals surface area contributed by atoms with E-state index in [-0.39, 0.29) is 0 Å². The molecule has 2 heterocycles. The Bertz CT molecular complexity index is 2540. The van der Waals surface area contributed by atoms with E-state index in [1.54, 1.807) is 12.5 Å². The van der Waals surface area contributed by atoms with Crippen LogP contribution >= 0.6 is 0 Å². The Hall–Kier alpha value is -6.39. The monoisotopic (exact) mass is 600 g/mol. The van der Waals surface area contributed by atoms with Crippen molar-refractivity contribution in [3.05, 3.63) is 170 Å². The molecule has 0 aliphatic carbocycles. The van der Waals surface area contributed by atoms with Crippen LogP contribution in [0.3, 0.4) is 0 Å². The number of rotatable bonds is 5. The third-order valence-electron chi connectivity index (χ3n) is 8.96. The third kappa shape index (κ3) is 4.58. The zero-order valence-corrected chi connectivity index (χ0v) is 25.5. The molecule has 9 rings (SSSR count). The van der Waals surface area contributed by atoms with Crippen LogP contribution in [0.4, 0.5) is 0 Å². The summed E-state index contributed by atoms with van der Waals surface area (Å²) < 4.78 is 2.11. The molecule has 7 aromatic carbocycles. The third-order valence-corrected chi connectivity index (χ3v) is 8.96. The molecular weight excluding hydrogens is 573 g/mol. The number of benzene rings is 7. The van der Waals surface area contributed by atoms with E-state index in [4.69, 9.17) is 4.98 Å². The summed E-state index contributed by atoms with van der Waals surface area (Å²) in [6.45, 7) is 0. The Balaban J connectivity index is 1.24. The Labute approximate surface area is 272 Å². The molecule has 0 saturated heterocycles. The number of imidazole rings is 1. The van der Waals surface area contributed by atoms with Gasteiger partial charge in [0.15, 0.2) is 5.65 Å². The number of nitrogens with zero attached hydrogens (tertiary/aromatic N) is 4. The molecule has 0 aliphatic heterocycles. The van der Waals surface area contributed by atoms with E-state index in [0.717, 1.165) is 39.4 Å². The highest BCUT2D eigenvalue weighted by Crippen LogP contribution is 2.44. The van der Waals surface area contributed by atoms with Gasteiger partial charge in [0, 0.05) is 11.3 Å². The predicted molar refractivity (Wildman–Crippen MR) is 193 cm³/mol. The van der Waals surface area contributed by atoms with Crippen molar-refractivity contribution in [2.24, 2.45) is 0 Å². The molecule has 0 amide bonds. The molecule has 0 saturated carbocycles. The van der Waals surface area contributed by atoms with Gasteiger partial charge in [-0.2, -0.15) is 0 Å². The fourth-order valence-corrected chi connectivity index (χ4v) is 6.85. The van der Waals surface area contributed by atoms with Gasteiger partial charge in [-0.3, -0.25) is 4.57 Å². The van der Waals surface area contributed by atoms with Crippen molar-refractivity contribution in [2.75, 3.05) is 0 Å². The Morgan fingerprint density at radius 3 is 1.60 bits per heavy atom. The van der Waals surface area contributed by atoms with Gasteiger partial charge in [0.05, 0.1) is 6.20 Å². The second kappa shape index (κ2) is 11.2. The molecule has 0 fully saturated rings. The molecule has 0 bridgehead atoms. The molecule has 4 nitrogen and oxygen atoms in total. The summed E-state index contributed by atoms with van der Waals surface area (Å²) in [5.41, 5.74) is 10.8. The van der Waals surface area contributed by atoms with Crippen molar-refractivity contribution in [3.63, 3.8) is 0 Å². The second-order valence-electron chi connectivity index (χ2n) is 11.7. The van der Waals surface area contributed by atoms with E-state index >= 15 is 0 Å². The number of hydrogen-bond acceptors (Lipinski definition) is 3. The first kappa shape index (κ1) is 27.0. The standard InChI is InChI=1S/C43H28N4/c1-4-12-30(13-5-1)40-35-18-10-11-19-36(35)41(31-14-6-2-7-15-31)38-26-33(22-25-37(38)40)29-20-23-34(24-21-29)47-42(32-16-8-3-9-17-32)46-39-27-44-28-45-43(39)47/h1-28H. The van der Waals surface area contributed by atoms with E-state index in [0.29, 0.717) is 0 Å². The maximum Gasteiger partial charge on any atom is 0.168 e. The maximum atomic E-state index is 4.91. The summed E-state index contributed by atoms with van der Waals surface area (Å²) in [5, 5.41) is 4.98. The Morgan fingerprint density at radius 2 is 0.957 bits per heavy atom. The van der Waals surface area contributed by atoms with Gasteiger partial charge in [0.2, 0.25) is 0 Å². The zero-order chi connectivity index (χ0) is 31.2. The smallest absolute Gasteiger partial charge is 0.168 e. The van der Waals surface area contributed by atoms with Gasteiger partial charge in [0.25, 0.3) is 0 Å². The first-order valence-electron chi connectivity index (χ1n) is 15.8. The summed E-state index contributed by atoms with van der Waals surface area (Å²) in [7, 11) is 0. The Morgan fingerprint density at radius 1 is 0.426 bits per heavy atom. The van der Waals surface area contributed by atoms with E-state index in [1.165, 1.54) is 43.8 Å². The molecule has 0 N–H and O–H groups in total. The van der Waals surface area contributed by atoms with Gasteiger partial charge in [0.1, 0.15) is 17.7 Å². The molecule has 0 radical (unpaired) electrons.